The fraction of sp³-hybridized carbons (Fsp3) is 0.909. The van der Waals surface area contributed by atoms with Gasteiger partial charge in [0, 0.05) is 0 Å². The highest BCUT2D eigenvalue weighted by Crippen LogP contribution is 3.00. The molecule has 6 atom stereocenters. The van der Waals surface area contributed by atoms with Crippen LogP contribution in [0.5, 0.6) is 0 Å². The van der Waals surface area contributed by atoms with E-state index in [1.165, 1.54) is 6.42 Å². The van der Waals surface area contributed by atoms with Gasteiger partial charge in [-0.05, 0) is 47.8 Å². The molecule has 6 unspecified atom stereocenters. The molecule has 6 aliphatic carbocycles. The van der Waals surface area contributed by atoms with Crippen molar-refractivity contribution in [1.82, 2.24) is 0 Å². The molecular weight excluding hydrogens is 164 g/mol. The van der Waals surface area contributed by atoms with Crippen molar-refractivity contribution in [2.75, 3.05) is 7.11 Å². The topological polar surface area (TPSA) is 26.3 Å². The van der Waals surface area contributed by atoms with Crippen LogP contribution in [0.1, 0.15) is 6.42 Å². The van der Waals surface area contributed by atoms with Crippen molar-refractivity contribution >= 4 is 5.97 Å². The van der Waals surface area contributed by atoms with Gasteiger partial charge in [0.2, 0.25) is 0 Å². The maximum atomic E-state index is 11.8. The van der Waals surface area contributed by atoms with Crippen LogP contribution in [0.4, 0.5) is 0 Å². The molecule has 0 aliphatic heterocycles. The molecule has 0 amide bonds. The number of carbonyl (C=O) groups excluding carboxylic acids is 1. The van der Waals surface area contributed by atoms with Gasteiger partial charge in [-0.3, -0.25) is 4.79 Å². The highest BCUT2D eigenvalue weighted by molar-refractivity contribution is 5.86. The van der Waals surface area contributed by atoms with E-state index in [1.54, 1.807) is 7.11 Å². The number of carbonyl (C=O) groups is 1. The van der Waals surface area contributed by atoms with Crippen molar-refractivity contribution in [2.45, 2.75) is 6.42 Å². The van der Waals surface area contributed by atoms with Crippen LogP contribution in [-0.2, 0) is 9.53 Å². The molecule has 0 aromatic heterocycles. The zero-order valence-electron chi connectivity index (χ0n) is 7.57. The van der Waals surface area contributed by atoms with E-state index < -0.39 is 0 Å². The van der Waals surface area contributed by atoms with E-state index in [-0.39, 0.29) is 11.4 Å². The molecule has 0 N–H and O–H groups in total. The molecule has 0 spiro atoms. The Morgan fingerprint density at radius 2 is 1.85 bits per heavy atom. The summed E-state index contributed by atoms with van der Waals surface area (Å²) < 4.78 is 5.00. The van der Waals surface area contributed by atoms with Gasteiger partial charge < -0.3 is 4.74 Å². The minimum absolute atomic E-state index is 0.0949. The van der Waals surface area contributed by atoms with Crippen molar-refractivity contribution in [2.24, 2.45) is 46.8 Å². The summed E-state index contributed by atoms with van der Waals surface area (Å²) in [7, 11) is 1.56. The largest absolute Gasteiger partial charge is 0.469 e. The second kappa shape index (κ2) is 1.27. The van der Waals surface area contributed by atoms with Crippen LogP contribution in [0.3, 0.4) is 0 Å². The molecule has 2 nitrogen and oxygen atoms in total. The Labute approximate surface area is 76.6 Å². The van der Waals surface area contributed by atoms with Crippen molar-refractivity contribution < 1.29 is 9.53 Å². The van der Waals surface area contributed by atoms with Crippen LogP contribution in [0, 0.1) is 46.8 Å². The lowest BCUT2D eigenvalue weighted by atomic mass is 9.98. The number of rotatable bonds is 1. The molecule has 2 heteroatoms. The summed E-state index contributed by atoms with van der Waals surface area (Å²) in [5.74, 6) is 6.34. The van der Waals surface area contributed by atoms with E-state index in [2.05, 4.69) is 0 Å². The molecular formula is C11H12O2. The average Bonchev–Trinajstić information content (AvgIpc) is 2.92. The van der Waals surface area contributed by atoms with Gasteiger partial charge in [-0.25, -0.2) is 0 Å². The van der Waals surface area contributed by atoms with Crippen LogP contribution in [0.15, 0.2) is 0 Å². The van der Waals surface area contributed by atoms with E-state index in [0.29, 0.717) is 0 Å². The molecule has 0 aromatic rings. The fourth-order valence-electron chi connectivity index (χ4n) is 6.23. The summed E-state index contributed by atoms with van der Waals surface area (Å²) in [6.07, 6.45) is 1.46. The number of ether oxygens (including phenoxy) is 1. The minimum Gasteiger partial charge on any atom is -0.469 e. The van der Waals surface area contributed by atoms with Crippen LogP contribution in [-0.4, -0.2) is 13.1 Å². The molecule has 6 fully saturated rings. The van der Waals surface area contributed by atoms with Crippen molar-refractivity contribution in [3.63, 3.8) is 0 Å². The monoisotopic (exact) mass is 176 g/mol. The number of methoxy groups -OCH3 is 1. The van der Waals surface area contributed by atoms with Gasteiger partial charge in [0.05, 0.1) is 12.5 Å². The normalized spacial score (nSPS) is 77.2. The van der Waals surface area contributed by atoms with E-state index in [1.807, 2.05) is 0 Å². The molecule has 2 bridgehead atoms. The predicted molar refractivity (Wildman–Crippen MR) is 43.5 cm³/mol. The fourth-order valence-corrected chi connectivity index (χ4v) is 6.23. The molecule has 13 heavy (non-hydrogen) atoms. The van der Waals surface area contributed by atoms with Crippen molar-refractivity contribution in [3.05, 3.63) is 0 Å². The van der Waals surface area contributed by atoms with Crippen molar-refractivity contribution in [1.29, 1.82) is 0 Å². The Morgan fingerprint density at radius 1 is 1.23 bits per heavy atom. The summed E-state index contributed by atoms with van der Waals surface area (Å²) in [4.78, 5) is 11.8. The van der Waals surface area contributed by atoms with Gasteiger partial charge in [-0.15, -0.1) is 0 Å². The van der Waals surface area contributed by atoms with Crippen LogP contribution in [0.2, 0.25) is 0 Å². The van der Waals surface area contributed by atoms with Gasteiger partial charge in [0.25, 0.3) is 0 Å². The number of hydrogen-bond acceptors (Lipinski definition) is 2. The van der Waals surface area contributed by atoms with E-state index in [0.717, 1.165) is 41.4 Å². The van der Waals surface area contributed by atoms with Gasteiger partial charge in [0.15, 0.2) is 0 Å². The molecule has 68 valence electrons. The third-order valence-corrected chi connectivity index (χ3v) is 6.06. The SMILES string of the molecule is COC(=O)C12C3C4C5CC(C43)C1C52. The lowest BCUT2D eigenvalue weighted by Gasteiger charge is -2.10. The lowest BCUT2D eigenvalue weighted by Crippen LogP contribution is -2.21. The predicted octanol–water partition coefficient (Wildman–Crippen LogP) is 0.917. The minimum atomic E-state index is 0.0949. The van der Waals surface area contributed by atoms with Gasteiger partial charge in [-0.1, -0.05) is 0 Å². The first-order valence-electron chi connectivity index (χ1n) is 5.42. The molecule has 6 aliphatic rings. The first-order valence-corrected chi connectivity index (χ1v) is 5.42. The first kappa shape index (κ1) is 6.05. The zero-order valence-corrected chi connectivity index (χ0v) is 7.57. The maximum Gasteiger partial charge on any atom is 0.312 e. The molecule has 6 saturated carbocycles. The second-order valence-corrected chi connectivity index (χ2v) is 5.72. The summed E-state index contributed by atoms with van der Waals surface area (Å²) in [5, 5.41) is 0. The summed E-state index contributed by atoms with van der Waals surface area (Å²) in [6.45, 7) is 0. The smallest absolute Gasteiger partial charge is 0.312 e. The van der Waals surface area contributed by atoms with Crippen molar-refractivity contribution in [3.8, 4) is 0 Å². The standard InChI is InChI=1S/C11H12O2/c1-13-10(12)11-7-3-2-4(8(7)11)6-5(3)9(6)11/h3-9H,2H2,1H3. The van der Waals surface area contributed by atoms with Crippen LogP contribution in [0.25, 0.3) is 0 Å². The van der Waals surface area contributed by atoms with Crippen LogP contribution >= 0.6 is 0 Å². The number of hydrogen-bond donors (Lipinski definition) is 0. The van der Waals surface area contributed by atoms with E-state index in [9.17, 15) is 4.79 Å². The van der Waals surface area contributed by atoms with Gasteiger partial charge in [0.1, 0.15) is 0 Å². The summed E-state index contributed by atoms with van der Waals surface area (Å²) in [6, 6.07) is 0. The third kappa shape index (κ3) is 0.311. The molecule has 0 radical (unpaired) electrons. The number of esters is 1. The first-order chi connectivity index (χ1) is 6.33. The highest BCUT2D eigenvalue weighted by atomic mass is 16.5. The maximum absolute atomic E-state index is 11.8. The Morgan fingerprint density at radius 3 is 2.23 bits per heavy atom. The van der Waals surface area contributed by atoms with E-state index in [4.69, 9.17) is 4.74 Å². The molecule has 0 saturated heterocycles. The van der Waals surface area contributed by atoms with E-state index >= 15 is 0 Å². The average molecular weight is 176 g/mol. The Balaban J connectivity index is 1.74. The molecule has 6 rings (SSSR count). The second-order valence-electron chi connectivity index (χ2n) is 5.72. The van der Waals surface area contributed by atoms with Gasteiger partial charge >= 0.3 is 5.97 Å². The molecule has 0 heterocycles. The molecule has 0 aromatic carbocycles. The third-order valence-electron chi connectivity index (χ3n) is 6.06. The quantitative estimate of drug-likeness (QED) is 0.555. The Hall–Kier alpha value is -0.530. The lowest BCUT2D eigenvalue weighted by molar-refractivity contribution is -0.148. The Bertz CT molecular complexity index is 334. The summed E-state index contributed by atoms with van der Waals surface area (Å²) in [5.41, 5.74) is 0.0949. The van der Waals surface area contributed by atoms with Gasteiger partial charge in [-0.2, -0.15) is 0 Å². The van der Waals surface area contributed by atoms with Crippen LogP contribution < -0.4 is 0 Å². The zero-order chi connectivity index (χ0) is 8.53. The summed E-state index contributed by atoms with van der Waals surface area (Å²) >= 11 is 0. The Kier molecular flexibility index (Phi) is 0.591. The highest BCUT2D eigenvalue weighted by Gasteiger charge is 3.00.